The van der Waals surface area contributed by atoms with Crippen LogP contribution in [-0.2, 0) is 4.79 Å². The van der Waals surface area contributed by atoms with Gasteiger partial charge in [-0.05, 0) is 44.3 Å². The monoisotopic (exact) mass is 243 g/mol. The average Bonchev–Trinajstić information content (AvgIpc) is 2.87. The minimum absolute atomic E-state index is 0.0597. The van der Waals surface area contributed by atoms with Crippen molar-refractivity contribution in [2.24, 2.45) is 17.8 Å². The molecule has 0 aromatic rings. The fraction of sp³-hybridized carbons (Fsp3) is 0.917. The third kappa shape index (κ3) is 2.54. The Labute approximate surface area is 101 Å². The molecule has 0 bridgehead atoms. The molecule has 4 unspecified atom stereocenters. The molecule has 0 aromatic heterocycles. The number of hydrogen-bond donors (Lipinski definition) is 2. The first-order valence-electron chi connectivity index (χ1n) is 6.09. The number of hydrogen-bond acceptors (Lipinski definition) is 3. The summed E-state index contributed by atoms with van der Waals surface area (Å²) in [5.74, 6) is 2.14. The lowest BCUT2D eigenvalue weighted by Crippen LogP contribution is -2.43. The minimum Gasteiger partial charge on any atom is -0.395 e. The predicted molar refractivity (Wildman–Crippen MR) is 66.3 cm³/mol. The number of aliphatic hydroxyl groups is 1. The molecule has 1 amide bonds. The van der Waals surface area contributed by atoms with Crippen LogP contribution in [0.25, 0.3) is 0 Å². The minimum atomic E-state index is 0.0597. The summed E-state index contributed by atoms with van der Waals surface area (Å²) in [5.41, 5.74) is 0. The van der Waals surface area contributed by atoms with Gasteiger partial charge in [0.05, 0.1) is 6.61 Å². The molecular weight excluding hydrogens is 222 g/mol. The second-order valence-electron chi connectivity index (χ2n) is 5.18. The zero-order chi connectivity index (χ0) is 11.7. The molecule has 2 fully saturated rings. The fourth-order valence-electron chi connectivity index (χ4n) is 2.80. The number of carbonyl (C=O) groups is 1. The van der Waals surface area contributed by atoms with Gasteiger partial charge in [0.15, 0.2) is 0 Å². The van der Waals surface area contributed by atoms with Crippen LogP contribution in [0.3, 0.4) is 0 Å². The van der Waals surface area contributed by atoms with E-state index in [0.29, 0.717) is 0 Å². The van der Waals surface area contributed by atoms with Crippen LogP contribution in [0.4, 0.5) is 0 Å². The SMILES string of the molecule is CSC(CO)C(C)NC(=O)C1CC2CC2C1. The van der Waals surface area contributed by atoms with Crippen molar-refractivity contribution >= 4 is 17.7 Å². The van der Waals surface area contributed by atoms with Crippen molar-refractivity contribution in [1.82, 2.24) is 5.32 Å². The van der Waals surface area contributed by atoms with Crippen molar-refractivity contribution in [1.29, 1.82) is 0 Å². The van der Waals surface area contributed by atoms with Gasteiger partial charge < -0.3 is 10.4 Å². The van der Waals surface area contributed by atoms with Gasteiger partial charge >= 0.3 is 0 Å². The molecule has 2 aliphatic carbocycles. The predicted octanol–water partition coefficient (Wildman–Crippen LogP) is 1.26. The van der Waals surface area contributed by atoms with Crippen LogP contribution in [0, 0.1) is 17.8 Å². The molecule has 4 atom stereocenters. The van der Waals surface area contributed by atoms with Crippen molar-refractivity contribution in [3.8, 4) is 0 Å². The zero-order valence-corrected chi connectivity index (χ0v) is 10.8. The third-order valence-electron chi connectivity index (χ3n) is 4.02. The lowest BCUT2D eigenvalue weighted by molar-refractivity contribution is -0.125. The highest BCUT2D eigenvalue weighted by Crippen LogP contribution is 2.54. The number of rotatable bonds is 5. The highest BCUT2D eigenvalue weighted by Gasteiger charge is 2.48. The molecule has 4 heteroatoms. The molecule has 92 valence electrons. The average molecular weight is 243 g/mol. The maximum Gasteiger partial charge on any atom is 0.223 e. The van der Waals surface area contributed by atoms with Gasteiger partial charge in [-0.25, -0.2) is 0 Å². The number of nitrogens with one attached hydrogen (secondary N) is 1. The van der Waals surface area contributed by atoms with E-state index in [0.717, 1.165) is 24.7 Å². The number of amides is 1. The maximum absolute atomic E-state index is 12.0. The summed E-state index contributed by atoms with van der Waals surface area (Å²) in [4.78, 5) is 12.0. The molecule has 2 N–H and O–H groups in total. The van der Waals surface area contributed by atoms with Crippen molar-refractivity contribution in [3.63, 3.8) is 0 Å². The second-order valence-corrected chi connectivity index (χ2v) is 6.26. The van der Waals surface area contributed by atoms with E-state index in [9.17, 15) is 4.79 Å². The molecule has 0 aromatic carbocycles. The van der Waals surface area contributed by atoms with Crippen molar-refractivity contribution in [2.45, 2.75) is 37.5 Å². The van der Waals surface area contributed by atoms with Crippen molar-refractivity contribution < 1.29 is 9.90 Å². The van der Waals surface area contributed by atoms with Crippen LogP contribution < -0.4 is 5.32 Å². The molecular formula is C12H21NO2S. The van der Waals surface area contributed by atoms with E-state index in [1.165, 1.54) is 6.42 Å². The first-order chi connectivity index (χ1) is 7.65. The number of fused-ring (bicyclic) bond motifs is 1. The van der Waals surface area contributed by atoms with Gasteiger partial charge in [0.2, 0.25) is 5.91 Å². The molecule has 2 rings (SSSR count). The van der Waals surface area contributed by atoms with Crippen LogP contribution in [0.2, 0.25) is 0 Å². The van der Waals surface area contributed by atoms with E-state index in [1.54, 1.807) is 11.8 Å². The van der Waals surface area contributed by atoms with Gasteiger partial charge in [0, 0.05) is 17.2 Å². The molecule has 3 nitrogen and oxygen atoms in total. The highest BCUT2D eigenvalue weighted by atomic mass is 32.2. The first kappa shape index (κ1) is 12.2. The Morgan fingerprint density at radius 3 is 2.56 bits per heavy atom. The van der Waals surface area contributed by atoms with Crippen LogP contribution >= 0.6 is 11.8 Å². The number of thioether (sulfide) groups is 1. The number of carbonyl (C=O) groups excluding carboxylic acids is 1. The van der Waals surface area contributed by atoms with E-state index in [-0.39, 0.29) is 29.7 Å². The van der Waals surface area contributed by atoms with Gasteiger partial charge in [0.1, 0.15) is 0 Å². The molecule has 16 heavy (non-hydrogen) atoms. The lowest BCUT2D eigenvalue weighted by atomic mass is 10.0. The summed E-state index contributed by atoms with van der Waals surface area (Å²) >= 11 is 1.61. The molecule has 0 radical (unpaired) electrons. The van der Waals surface area contributed by atoms with Gasteiger partial charge in [0.25, 0.3) is 0 Å². The summed E-state index contributed by atoms with van der Waals surface area (Å²) in [6.07, 6.45) is 5.50. The molecule has 0 spiro atoms. The van der Waals surface area contributed by atoms with E-state index in [2.05, 4.69) is 5.32 Å². The van der Waals surface area contributed by atoms with Gasteiger partial charge in [-0.15, -0.1) is 0 Å². The Hall–Kier alpha value is -0.220. The van der Waals surface area contributed by atoms with E-state index in [4.69, 9.17) is 5.11 Å². The van der Waals surface area contributed by atoms with Gasteiger partial charge in [-0.2, -0.15) is 11.8 Å². The maximum atomic E-state index is 12.0. The van der Waals surface area contributed by atoms with Crippen molar-refractivity contribution in [2.75, 3.05) is 12.9 Å². The Morgan fingerprint density at radius 2 is 2.06 bits per heavy atom. The van der Waals surface area contributed by atoms with Crippen LogP contribution in [0.1, 0.15) is 26.2 Å². The summed E-state index contributed by atoms with van der Waals surface area (Å²) in [5, 5.41) is 12.3. The lowest BCUT2D eigenvalue weighted by Gasteiger charge is -2.23. The standard InChI is InChI=1S/C12H21NO2S/c1-7(11(6-14)16-2)13-12(15)10-4-8-3-9(8)5-10/h7-11,14H,3-6H2,1-2H3,(H,13,15). The summed E-state index contributed by atoms with van der Waals surface area (Å²) in [7, 11) is 0. The Bertz CT molecular complexity index is 258. The molecule has 0 aliphatic heterocycles. The zero-order valence-electron chi connectivity index (χ0n) is 9.98. The molecule has 0 saturated heterocycles. The summed E-state index contributed by atoms with van der Waals surface area (Å²) in [6, 6.07) is 0.0597. The second kappa shape index (κ2) is 4.96. The van der Waals surface area contributed by atoms with E-state index >= 15 is 0 Å². The Morgan fingerprint density at radius 1 is 1.44 bits per heavy atom. The number of aliphatic hydroxyl groups excluding tert-OH is 1. The summed E-state index contributed by atoms with van der Waals surface area (Å²) in [6.45, 7) is 2.10. The Kier molecular flexibility index (Phi) is 3.80. The van der Waals surface area contributed by atoms with Crippen LogP contribution in [0.15, 0.2) is 0 Å². The van der Waals surface area contributed by atoms with E-state index < -0.39 is 0 Å². The quantitative estimate of drug-likeness (QED) is 0.764. The van der Waals surface area contributed by atoms with Gasteiger partial charge in [-0.1, -0.05) is 0 Å². The smallest absolute Gasteiger partial charge is 0.223 e. The highest BCUT2D eigenvalue weighted by molar-refractivity contribution is 7.99. The topological polar surface area (TPSA) is 49.3 Å². The third-order valence-corrected chi connectivity index (χ3v) is 5.19. The molecule has 0 heterocycles. The fourth-order valence-corrected chi connectivity index (χ4v) is 3.43. The first-order valence-corrected chi connectivity index (χ1v) is 7.38. The normalized spacial score (nSPS) is 35.3. The van der Waals surface area contributed by atoms with Crippen LogP contribution in [-0.4, -0.2) is 35.2 Å². The Balaban J connectivity index is 1.77. The molecule has 2 aliphatic rings. The van der Waals surface area contributed by atoms with Gasteiger partial charge in [-0.3, -0.25) is 4.79 Å². The molecule has 2 saturated carbocycles. The van der Waals surface area contributed by atoms with E-state index in [1.807, 2.05) is 13.2 Å². The largest absolute Gasteiger partial charge is 0.395 e. The summed E-state index contributed by atoms with van der Waals surface area (Å²) < 4.78 is 0. The van der Waals surface area contributed by atoms with Crippen LogP contribution in [0.5, 0.6) is 0 Å². The van der Waals surface area contributed by atoms with Crippen molar-refractivity contribution in [3.05, 3.63) is 0 Å².